The van der Waals surface area contributed by atoms with Gasteiger partial charge in [0.2, 0.25) is 11.8 Å². The lowest BCUT2D eigenvalue weighted by Crippen LogP contribution is -2.24. The molecule has 2 rings (SSSR count). The van der Waals surface area contributed by atoms with Crippen LogP contribution in [0.4, 0.5) is 5.69 Å². The predicted octanol–water partition coefficient (Wildman–Crippen LogP) is 3.19. The maximum Gasteiger partial charge on any atom is 0.249 e. The second-order valence-corrected chi connectivity index (χ2v) is 6.16. The first-order valence-corrected chi connectivity index (χ1v) is 8.92. The first kappa shape index (κ1) is 21.0. The van der Waals surface area contributed by atoms with Gasteiger partial charge in [-0.05, 0) is 67.8 Å². The van der Waals surface area contributed by atoms with Crippen LogP contribution < -0.4 is 20.2 Å². The fourth-order valence-corrected chi connectivity index (χ4v) is 2.43. The molecule has 0 bridgehead atoms. The molecule has 0 saturated carbocycles. The van der Waals surface area contributed by atoms with Gasteiger partial charge < -0.3 is 14.8 Å². The Morgan fingerprint density at radius 1 is 1.04 bits per heavy atom. The molecule has 28 heavy (non-hydrogen) atoms. The topological polar surface area (TPSA) is 89.0 Å². The summed E-state index contributed by atoms with van der Waals surface area (Å²) in [6.07, 6.45) is 1.15. The third kappa shape index (κ3) is 6.12. The summed E-state index contributed by atoms with van der Waals surface area (Å²) in [5, 5.41) is 6.58. The molecule has 0 atom stereocenters. The number of rotatable bonds is 8. The number of hydrogen-bond donors (Lipinski definition) is 2. The Morgan fingerprint density at radius 3 is 2.50 bits per heavy atom. The largest absolute Gasteiger partial charge is 0.493 e. The molecule has 0 aromatic heterocycles. The minimum absolute atomic E-state index is 0.323. The van der Waals surface area contributed by atoms with Gasteiger partial charge in [-0.3, -0.25) is 9.59 Å². The molecule has 2 aromatic carbocycles. The van der Waals surface area contributed by atoms with E-state index in [1.165, 1.54) is 6.21 Å². The molecule has 0 unspecified atom stereocenters. The van der Waals surface area contributed by atoms with Gasteiger partial charge in [0.25, 0.3) is 0 Å². The van der Waals surface area contributed by atoms with E-state index in [4.69, 9.17) is 9.47 Å². The quantitative estimate of drug-likeness (QED) is 0.416. The van der Waals surface area contributed by atoms with Crippen molar-refractivity contribution in [2.75, 3.05) is 19.0 Å². The monoisotopic (exact) mass is 383 g/mol. The maximum absolute atomic E-state index is 12.0. The summed E-state index contributed by atoms with van der Waals surface area (Å²) in [4.78, 5) is 23.9. The fraction of sp³-hybridized carbons (Fsp3) is 0.286. The van der Waals surface area contributed by atoms with Gasteiger partial charge in [0.05, 0.1) is 19.9 Å². The van der Waals surface area contributed by atoms with Crippen molar-refractivity contribution in [1.82, 2.24) is 5.43 Å². The summed E-state index contributed by atoms with van der Waals surface area (Å²) in [6, 6.07) is 10.9. The van der Waals surface area contributed by atoms with Crippen LogP contribution in [0.3, 0.4) is 0 Å². The van der Waals surface area contributed by atoms with E-state index < -0.39 is 11.8 Å². The van der Waals surface area contributed by atoms with Crippen molar-refractivity contribution in [3.8, 4) is 11.5 Å². The molecule has 2 amide bonds. The van der Waals surface area contributed by atoms with E-state index in [9.17, 15) is 9.59 Å². The van der Waals surface area contributed by atoms with Crippen LogP contribution in [-0.4, -0.2) is 31.7 Å². The highest BCUT2D eigenvalue weighted by Crippen LogP contribution is 2.27. The van der Waals surface area contributed by atoms with Crippen LogP contribution in [0.1, 0.15) is 30.0 Å². The van der Waals surface area contributed by atoms with Crippen molar-refractivity contribution < 1.29 is 19.1 Å². The molecule has 2 N–H and O–H groups in total. The lowest BCUT2D eigenvalue weighted by atomic mass is 10.1. The number of hydrazone groups is 1. The van der Waals surface area contributed by atoms with Crippen LogP contribution in [0.25, 0.3) is 0 Å². The van der Waals surface area contributed by atoms with E-state index in [1.54, 1.807) is 31.4 Å². The highest BCUT2D eigenvalue weighted by atomic mass is 16.5. The molecule has 0 saturated heterocycles. The summed E-state index contributed by atoms with van der Waals surface area (Å²) in [6.45, 7) is 6.37. The van der Waals surface area contributed by atoms with Gasteiger partial charge in [-0.2, -0.15) is 5.10 Å². The molecule has 0 fully saturated rings. The van der Waals surface area contributed by atoms with Crippen molar-refractivity contribution in [1.29, 1.82) is 0 Å². The average Bonchev–Trinajstić information content (AvgIpc) is 2.66. The summed E-state index contributed by atoms with van der Waals surface area (Å²) in [7, 11) is 1.55. The first-order valence-electron chi connectivity index (χ1n) is 8.92. The lowest BCUT2D eigenvalue weighted by Gasteiger charge is -2.09. The molecule has 0 aliphatic carbocycles. The maximum atomic E-state index is 12.0. The Hall–Kier alpha value is -3.35. The number of amides is 2. The molecule has 7 heteroatoms. The molecule has 0 radical (unpaired) electrons. The summed E-state index contributed by atoms with van der Waals surface area (Å²) in [5.41, 5.74) is 5.93. The highest BCUT2D eigenvalue weighted by Gasteiger charge is 2.09. The number of anilines is 1. The predicted molar refractivity (Wildman–Crippen MR) is 109 cm³/mol. The SMILES string of the molecule is CCOc1ccc(C=NNC(=O)CC(=O)Nc2ccc(C)c(C)c2)cc1OC. The Morgan fingerprint density at radius 2 is 1.82 bits per heavy atom. The van der Waals surface area contributed by atoms with Crippen molar-refractivity contribution in [2.24, 2.45) is 5.10 Å². The zero-order valence-electron chi connectivity index (χ0n) is 16.5. The number of carbonyl (C=O) groups is 2. The van der Waals surface area contributed by atoms with Crippen molar-refractivity contribution in [3.05, 3.63) is 53.1 Å². The summed E-state index contributed by atoms with van der Waals surface area (Å²) >= 11 is 0. The van der Waals surface area contributed by atoms with Crippen LogP contribution in [0.2, 0.25) is 0 Å². The Bertz CT molecular complexity index is 878. The van der Waals surface area contributed by atoms with E-state index in [1.807, 2.05) is 32.9 Å². The smallest absolute Gasteiger partial charge is 0.249 e. The summed E-state index contributed by atoms with van der Waals surface area (Å²) in [5.74, 6) is 0.299. The van der Waals surface area contributed by atoms with Crippen LogP contribution in [0, 0.1) is 13.8 Å². The molecule has 7 nitrogen and oxygen atoms in total. The number of ether oxygens (including phenoxy) is 2. The minimum atomic E-state index is -0.504. The van der Waals surface area contributed by atoms with Gasteiger partial charge in [0, 0.05) is 5.69 Å². The molecule has 148 valence electrons. The van der Waals surface area contributed by atoms with Crippen molar-refractivity contribution >= 4 is 23.7 Å². The molecular formula is C21H25N3O4. The number of methoxy groups -OCH3 is 1. The van der Waals surface area contributed by atoms with E-state index >= 15 is 0 Å². The third-order valence-corrected chi connectivity index (χ3v) is 4.00. The molecule has 0 aliphatic heterocycles. The highest BCUT2D eigenvalue weighted by molar-refractivity contribution is 6.03. The fourth-order valence-electron chi connectivity index (χ4n) is 2.43. The Balaban J connectivity index is 1.87. The molecule has 0 spiro atoms. The van der Waals surface area contributed by atoms with Gasteiger partial charge in [-0.15, -0.1) is 0 Å². The zero-order valence-corrected chi connectivity index (χ0v) is 16.5. The van der Waals surface area contributed by atoms with E-state index in [0.29, 0.717) is 23.8 Å². The summed E-state index contributed by atoms with van der Waals surface area (Å²) < 4.78 is 10.7. The number of nitrogens with zero attached hydrogens (tertiary/aromatic N) is 1. The standard InChI is InChI=1S/C21H25N3O4/c1-5-28-18-9-7-16(11-19(18)27-4)13-22-24-21(26)12-20(25)23-17-8-6-14(2)15(3)10-17/h6-11,13H,5,12H2,1-4H3,(H,23,25)(H,24,26). The Labute approximate surface area is 164 Å². The van der Waals surface area contributed by atoms with Crippen LogP contribution >= 0.6 is 0 Å². The lowest BCUT2D eigenvalue weighted by molar-refractivity contribution is -0.126. The van der Waals surface area contributed by atoms with Crippen LogP contribution in [-0.2, 0) is 9.59 Å². The molecule has 2 aromatic rings. The number of hydrogen-bond acceptors (Lipinski definition) is 5. The minimum Gasteiger partial charge on any atom is -0.493 e. The van der Waals surface area contributed by atoms with Crippen LogP contribution in [0.5, 0.6) is 11.5 Å². The number of benzene rings is 2. The van der Waals surface area contributed by atoms with Gasteiger partial charge in [0.1, 0.15) is 6.42 Å². The number of carbonyl (C=O) groups excluding carboxylic acids is 2. The normalized spacial score (nSPS) is 10.6. The zero-order chi connectivity index (χ0) is 20.5. The number of aryl methyl sites for hydroxylation is 2. The van der Waals surface area contributed by atoms with E-state index in [-0.39, 0.29) is 6.42 Å². The average molecular weight is 383 g/mol. The Kier molecular flexibility index (Phi) is 7.56. The van der Waals surface area contributed by atoms with Gasteiger partial charge in [-0.1, -0.05) is 6.07 Å². The van der Waals surface area contributed by atoms with Gasteiger partial charge >= 0.3 is 0 Å². The van der Waals surface area contributed by atoms with Gasteiger partial charge in [-0.25, -0.2) is 5.43 Å². The second kappa shape index (κ2) is 10.1. The van der Waals surface area contributed by atoms with Crippen molar-refractivity contribution in [2.45, 2.75) is 27.2 Å². The first-order chi connectivity index (χ1) is 13.4. The van der Waals surface area contributed by atoms with Crippen LogP contribution in [0.15, 0.2) is 41.5 Å². The number of nitrogens with one attached hydrogen (secondary N) is 2. The molecule has 0 aliphatic rings. The van der Waals surface area contributed by atoms with E-state index in [0.717, 1.165) is 16.7 Å². The molecule has 0 heterocycles. The van der Waals surface area contributed by atoms with E-state index in [2.05, 4.69) is 15.8 Å². The third-order valence-electron chi connectivity index (χ3n) is 4.00. The van der Waals surface area contributed by atoms with Gasteiger partial charge in [0.15, 0.2) is 11.5 Å². The van der Waals surface area contributed by atoms with Crippen molar-refractivity contribution in [3.63, 3.8) is 0 Å². The second-order valence-electron chi connectivity index (χ2n) is 6.16. The molecular weight excluding hydrogens is 358 g/mol.